The van der Waals surface area contributed by atoms with Gasteiger partial charge in [-0.1, -0.05) is 79.7 Å². The van der Waals surface area contributed by atoms with Crippen LogP contribution in [-0.2, 0) is 22.5 Å². The van der Waals surface area contributed by atoms with Gasteiger partial charge in [0.15, 0.2) is 11.5 Å². The van der Waals surface area contributed by atoms with E-state index in [1.807, 2.05) is 107 Å². The number of ether oxygens (including phenoxy) is 2. The molecular weight excluding hydrogens is 555 g/mol. The predicted molar refractivity (Wildman–Crippen MR) is 171 cm³/mol. The van der Waals surface area contributed by atoms with Crippen molar-refractivity contribution in [3.05, 3.63) is 95.2 Å². The third kappa shape index (κ3) is 6.54. The van der Waals surface area contributed by atoms with E-state index in [1.54, 1.807) is 0 Å². The molecule has 1 aromatic heterocycles. The van der Waals surface area contributed by atoms with Crippen molar-refractivity contribution in [2.45, 2.75) is 78.8 Å². The number of hydrogen-bond donors (Lipinski definition) is 1. The number of carbonyl (C=O) groups is 1. The van der Waals surface area contributed by atoms with Crippen LogP contribution in [-0.4, -0.2) is 35.9 Å². The largest absolute Gasteiger partial charge is 0.501 e. The molecule has 0 unspecified atom stereocenters. The van der Waals surface area contributed by atoms with Gasteiger partial charge >= 0.3 is 7.12 Å². The second-order valence-electron chi connectivity index (χ2n) is 12.3. The number of hydrogen-bond acceptors (Lipinski definition) is 7. The Kier molecular flexibility index (Phi) is 9.18. The summed E-state index contributed by atoms with van der Waals surface area (Å²) in [5.41, 5.74) is 2.90. The Morgan fingerprint density at radius 1 is 0.864 bits per heavy atom. The minimum Gasteiger partial charge on any atom is -0.488 e. The van der Waals surface area contributed by atoms with Gasteiger partial charge in [-0.2, -0.15) is 0 Å². The molecule has 0 bridgehead atoms. The molecule has 8 nitrogen and oxygen atoms in total. The van der Waals surface area contributed by atoms with Gasteiger partial charge in [0.2, 0.25) is 0 Å². The van der Waals surface area contributed by atoms with E-state index in [0.29, 0.717) is 48.0 Å². The molecule has 0 aliphatic carbocycles. The highest BCUT2D eigenvalue weighted by molar-refractivity contribution is 6.65. The summed E-state index contributed by atoms with van der Waals surface area (Å²) in [7, 11) is -0.891. The minimum atomic E-state index is -0.891. The molecular formula is C35H41BN2O6. The molecule has 0 spiro atoms. The van der Waals surface area contributed by atoms with Gasteiger partial charge in [-0.3, -0.25) is 4.79 Å². The zero-order chi connectivity index (χ0) is 31.5. The van der Waals surface area contributed by atoms with Crippen LogP contribution in [0.15, 0.2) is 77.3 Å². The number of aromatic nitrogens is 1. The molecule has 1 aliphatic heterocycles. The zero-order valence-corrected chi connectivity index (χ0v) is 26.6. The van der Waals surface area contributed by atoms with E-state index in [2.05, 4.69) is 24.3 Å². The van der Waals surface area contributed by atoms with Crippen LogP contribution < -0.4 is 20.3 Å². The maximum atomic E-state index is 13.2. The monoisotopic (exact) mass is 596 g/mol. The Balaban J connectivity index is 1.64. The lowest BCUT2D eigenvalue weighted by Gasteiger charge is -2.32. The molecule has 230 valence electrons. The van der Waals surface area contributed by atoms with Crippen LogP contribution in [0.3, 0.4) is 0 Å². The third-order valence-corrected chi connectivity index (χ3v) is 8.22. The van der Waals surface area contributed by atoms with Crippen molar-refractivity contribution in [2.75, 3.05) is 6.54 Å². The maximum Gasteiger partial charge on any atom is 0.501 e. The molecule has 5 rings (SSSR count). The summed E-state index contributed by atoms with van der Waals surface area (Å²) in [4.78, 5) is 13.2. The van der Waals surface area contributed by atoms with Crippen molar-refractivity contribution in [3.8, 4) is 22.8 Å². The summed E-state index contributed by atoms with van der Waals surface area (Å²) in [6, 6.07) is 23.9. The number of amides is 1. The summed E-state index contributed by atoms with van der Waals surface area (Å²) in [5.74, 6) is 1.32. The molecule has 9 heteroatoms. The molecule has 3 aromatic carbocycles. The number of nitrogens with one attached hydrogen (secondary N) is 1. The summed E-state index contributed by atoms with van der Waals surface area (Å²) in [6.07, 6.45) is 0. The lowest BCUT2D eigenvalue weighted by molar-refractivity contribution is 0.00578. The van der Waals surface area contributed by atoms with Crippen molar-refractivity contribution < 1.29 is 28.1 Å². The van der Waals surface area contributed by atoms with Crippen molar-refractivity contribution in [3.63, 3.8) is 0 Å². The van der Waals surface area contributed by atoms with Gasteiger partial charge < -0.3 is 28.6 Å². The van der Waals surface area contributed by atoms with Crippen LogP contribution in [0, 0.1) is 0 Å². The van der Waals surface area contributed by atoms with Crippen LogP contribution >= 0.6 is 0 Å². The predicted octanol–water partition coefficient (Wildman–Crippen LogP) is 6.67. The summed E-state index contributed by atoms with van der Waals surface area (Å²) < 4.78 is 31.7. The van der Waals surface area contributed by atoms with Crippen LogP contribution in [0.2, 0.25) is 0 Å². The van der Waals surface area contributed by atoms with E-state index in [0.717, 1.165) is 16.7 Å². The van der Waals surface area contributed by atoms with Crippen LogP contribution in [0.4, 0.5) is 0 Å². The van der Waals surface area contributed by atoms with Crippen molar-refractivity contribution in [1.29, 1.82) is 0 Å². The minimum absolute atomic E-state index is 0.105. The van der Waals surface area contributed by atoms with E-state index >= 15 is 0 Å². The van der Waals surface area contributed by atoms with Crippen LogP contribution in [0.25, 0.3) is 11.3 Å². The number of nitrogens with zero attached hydrogens (tertiary/aromatic N) is 1. The Morgan fingerprint density at radius 2 is 1.41 bits per heavy atom. The highest BCUT2D eigenvalue weighted by atomic mass is 16.7. The first-order valence-corrected chi connectivity index (χ1v) is 15.2. The second-order valence-corrected chi connectivity index (χ2v) is 12.3. The second kappa shape index (κ2) is 12.9. The summed E-state index contributed by atoms with van der Waals surface area (Å²) in [5, 5.41) is 7.09. The normalized spacial score (nSPS) is 15.4. The number of carbonyl (C=O) groups excluding carboxylic acids is 1. The van der Waals surface area contributed by atoms with Gasteiger partial charge in [0.05, 0.1) is 22.2 Å². The van der Waals surface area contributed by atoms with Crippen LogP contribution in [0.5, 0.6) is 11.5 Å². The van der Waals surface area contributed by atoms with Gasteiger partial charge in [-0.05, 0) is 63.3 Å². The van der Waals surface area contributed by atoms with E-state index in [9.17, 15) is 4.79 Å². The average molecular weight is 597 g/mol. The van der Waals surface area contributed by atoms with E-state index in [1.165, 1.54) is 0 Å². The molecule has 0 saturated carbocycles. The van der Waals surface area contributed by atoms with Gasteiger partial charge in [0.25, 0.3) is 5.91 Å². The smallest absolute Gasteiger partial charge is 0.488 e. The first-order valence-electron chi connectivity index (χ1n) is 15.2. The average Bonchev–Trinajstić information content (AvgIpc) is 3.53. The lowest BCUT2D eigenvalue weighted by atomic mass is 9.75. The molecule has 0 atom stereocenters. The van der Waals surface area contributed by atoms with Gasteiger partial charge in [0, 0.05) is 12.6 Å². The highest BCUT2D eigenvalue weighted by Crippen LogP contribution is 2.42. The van der Waals surface area contributed by atoms with Gasteiger partial charge in [0.1, 0.15) is 24.7 Å². The zero-order valence-electron chi connectivity index (χ0n) is 26.6. The quantitative estimate of drug-likeness (QED) is 0.193. The topological polar surface area (TPSA) is 92.1 Å². The first kappa shape index (κ1) is 31.4. The first-order chi connectivity index (χ1) is 21.0. The van der Waals surface area contributed by atoms with Crippen molar-refractivity contribution in [1.82, 2.24) is 10.5 Å². The Morgan fingerprint density at radius 3 is 1.93 bits per heavy atom. The molecule has 0 radical (unpaired) electrons. The van der Waals surface area contributed by atoms with E-state index in [4.69, 9.17) is 23.3 Å². The highest BCUT2D eigenvalue weighted by Gasteiger charge is 2.54. The fraction of sp³-hybridized carbons (Fsp3) is 0.371. The molecule has 1 N–H and O–H groups in total. The summed E-state index contributed by atoms with van der Waals surface area (Å²) >= 11 is 0. The van der Waals surface area contributed by atoms with E-state index < -0.39 is 18.3 Å². The van der Waals surface area contributed by atoms with Crippen molar-refractivity contribution >= 4 is 18.5 Å². The number of rotatable bonds is 11. The molecule has 1 amide bonds. The fourth-order valence-corrected chi connectivity index (χ4v) is 5.00. The maximum absolute atomic E-state index is 13.2. The standard InChI is InChI=1S/C35H41BN2O6/c1-8-37-33(39)31-30(36-43-34(4,5)35(6,7)44-36)32(42-38-31)27-19-26(23(2)3)28(40-21-24-15-11-9-12-16-24)20-29(27)41-22-25-17-13-10-14-18-25/h9-20,23H,8,21-22H2,1-7H3,(H,37,39). The Bertz CT molecular complexity index is 1570. The molecule has 44 heavy (non-hydrogen) atoms. The van der Waals surface area contributed by atoms with E-state index in [-0.39, 0.29) is 17.5 Å². The summed E-state index contributed by atoms with van der Waals surface area (Å²) in [6.45, 7) is 15.1. The van der Waals surface area contributed by atoms with Crippen LogP contribution in [0.1, 0.15) is 81.6 Å². The molecule has 4 aromatic rings. The molecule has 1 aliphatic rings. The SMILES string of the molecule is CCNC(=O)c1noc(-c2cc(C(C)C)c(OCc3ccccc3)cc2OCc2ccccc2)c1B1OC(C)(C)C(C)(C)O1. The van der Waals surface area contributed by atoms with Crippen molar-refractivity contribution in [2.24, 2.45) is 0 Å². The molecule has 1 fully saturated rings. The Labute approximate surface area is 260 Å². The lowest BCUT2D eigenvalue weighted by Crippen LogP contribution is -2.41. The third-order valence-electron chi connectivity index (χ3n) is 8.22. The molecule has 2 heterocycles. The van der Waals surface area contributed by atoms with Gasteiger partial charge in [-0.15, -0.1) is 0 Å². The molecule has 1 saturated heterocycles. The Hall–Kier alpha value is -4.08. The fourth-order valence-electron chi connectivity index (χ4n) is 5.00. The van der Waals surface area contributed by atoms with Gasteiger partial charge in [-0.25, -0.2) is 0 Å². The number of benzene rings is 3.